The Morgan fingerprint density at radius 2 is 1.88 bits per heavy atom. The summed E-state index contributed by atoms with van der Waals surface area (Å²) in [4.78, 5) is 5.59. The number of nitrogens with one attached hydrogen (secondary N) is 1. The predicted molar refractivity (Wildman–Crippen MR) is 70.6 cm³/mol. The van der Waals surface area contributed by atoms with Gasteiger partial charge in [0.1, 0.15) is 0 Å². The number of hydroxylamine groups is 1. The highest BCUT2D eigenvalue weighted by atomic mass is 16.6. The maximum atomic E-state index is 5.59. The highest BCUT2D eigenvalue weighted by Gasteiger charge is 2.32. The molecule has 2 heteroatoms. The average Bonchev–Trinajstić information content (AvgIpc) is 3.10. The lowest BCUT2D eigenvalue weighted by atomic mass is 10.0. The Balaban J connectivity index is 1.94. The van der Waals surface area contributed by atoms with Crippen molar-refractivity contribution >= 4 is 0 Å². The van der Waals surface area contributed by atoms with E-state index in [1.807, 2.05) is 0 Å². The molecule has 0 amide bonds. The van der Waals surface area contributed by atoms with Gasteiger partial charge in [-0.2, -0.15) is 5.48 Å². The molecule has 1 N–H and O–H groups in total. The monoisotopic (exact) mass is 233 g/mol. The van der Waals surface area contributed by atoms with E-state index in [2.05, 4.69) is 50.5 Å². The number of aryl methyl sites for hydroxylation is 1. The SMILES string of the molecule is Cc1ccc(C(NOCC(C)C)C2CC2)cc1. The van der Waals surface area contributed by atoms with Gasteiger partial charge in [-0.1, -0.05) is 43.7 Å². The van der Waals surface area contributed by atoms with Crippen molar-refractivity contribution in [3.63, 3.8) is 0 Å². The van der Waals surface area contributed by atoms with Crippen LogP contribution in [-0.2, 0) is 4.84 Å². The van der Waals surface area contributed by atoms with Crippen LogP contribution in [0.15, 0.2) is 24.3 Å². The first-order valence-corrected chi connectivity index (χ1v) is 6.60. The van der Waals surface area contributed by atoms with Crippen LogP contribution in [0.25, 0.3) is 0 Å². The zero-order valence-electron chi connectivity index (χ0n) is 11.1. The molecular formula is C15H23NO. The van der Waals surface area contributed by atoms with Gasteiger partial charge in [0, 0.05) is 0 Å². The molecule has 1 aromatic carbocycles. The van der Waals surface area contributed by atoms with Crippen molar-refractivity contribution < 1.29 is 4.84 Å². The van der Waals surface area contributed by atoms with Crippen LogP contribution in [0.3, 0.4) is 0 Å². The van der Waals surface area contributed by atoms with E-state index in [1.54, 1.807) is 0 Å². The minimum atomic E-state index is 0.370. The molecule has 0 bridgehead atoms. The third kappa shape index (κ3) is 3.83. The fourth-order valence-electron chi connectivity index (χ4n) is 1.94. The van der Waals surface area contributed by atoms with E-state index in [9.17, 15) is 0 Å². The second-order valence-electron chi connectivity index (χ2n) is 5.55. The molecule has 1 aliphatic carbocycles. The fourth-order valence-corrected chi connectivity index (χ4v) is 1.94. The lowest BCUT2D eigenvalue weighted by molar-refractivity contribution is -0.00465. The van der Waals surface area contributed by atoms with Gasteiger partial charge in [0.05, 0.1) is 12.6 Å². The summed E-state index contributed by atoms with van der Waals surface area (Å²) in [6.07, 6.45) is 2.63. The predicted octanol–water partition coefficient (Wildman–Crippen LogP) is 3.62. The van der Waals surface area contributed by atoms with Crippen LogP contribution in [0.4, 0.5) is 0 Å². The molecule has 1 saturated carbocycles. The Morgan fingerprint density at radius 1 is 1.24 bits per heavy atom. The van der Waals surface area contributed by atoms with Gasteiger partial charge in [-0.05, 0) is 37.2 Å². The molecule has 2 nitrogen and oxygen atoms in total. The molecule has 1 unspecified atom stereocenters. The first kappa shape index (κ1) is 12.6. The van der Waals surface area contributed by atoms with Crippen LogP contribution in [0.1, 0.15) is 43.9 Å². The Hall–Kier alpha value is -0.860. The third-order valence-electron chi connectivity index (χ3n) is 3.16. The van der Waals surface area contributed by atoms with Crippen molar-refractivity contribution in [3.8, 4) is 0 Å². The molecule has 0 aromatic heterocycles. The van der Waals surface area contributed by atoms with Crippen LogP contribution >= 0.6 is 0 Å². The average molecular weight is 233 g/mol. The normalized spacial score (nSPS) is 17.4. The maximum absolute atomic E-state index is 5.59. The summed E-state index contributed by atoms with van der Waals surface area (Å²) >= 11 is 0. The van der Waals surface area contributed by atoms with E-state index in [4.69, 9.17) is 4.84 Å². The van der Waals surface area contributed by atoms with Crippen LogP contribution in [0.2, 0.25) is 0 Å². The maximum Gasteiger partial charge on any atom is 0.0705 e. The van der Waals surface area contributed by atoms with Gasteiger partial charge in [-0.3, -0.25) is 0 Å². The number of benzene rings is 1. The van der Waals surface area contributed by atoms with Crippen LogP contribution in [-0.4, -0.2) is 6.61 Å². The van der Waals surface area contributed by atoms with E-state index < -0.39 is 0 Å². The van der Waals surface area contributed by atoms with Crippen molar-refractivity contribution in [3.05, 3.63) is 35.4 Å². The third-order valence-corrected chi connectivity index (χ3v) is 3.16. The Morgan fingerprint density at radius 3 is 2.41 bits per heavy atom. The van der Waals surface area contributed by atoms with Crippen molar-refractivity contribution in [2.45, 2.75) is 39.7 Å². The summed E-state index contributed by atoms with van der Waals surface area (Å²) in [5.41, 5.74) is 5.91. The van der Waals surface area contributed by atoms with E-state index >= 15 is 0 Å². The van der Waals surface area contributed by atoms with Crippen LogP contribution in [0, 0.1) is 18.8 Å². The van der Waals surface area contributed by atoms with Gasteiger partial charge < -0.3 is 4.84 Å². The summed E-state index contributed by atoms with van der Waals surface area (Å²) in [6, 6.07) is 9.15. The largest absolute Gasteiger partial charge is 0.301 e. The van der Waals surface area contributed by atoms with E-state index in [0.717, 1.165) is 12.5 Å². The number of hydrogen-bond donors (Lipinski definition) is 1. The van der Waals surface area contributed by atoms with Gasteiger partial charge in [0.2, 0.25) is 0 Å². The van der Waals surface area contributed by atoms with Crippen molar-refractivity contribution in [2.75, 3.05) is 6.61 Å². The summed E-state index contributed by atoms with van der Waals surface area (Å²) in [6.45, 7) is 7.23. The quantitative estimate of drug-likeness (QED) is 0.758. The number of rotatable bonds is 6. The first-order chi connectivity index (χ1) is 8.16. The smallest absolute Gasteiger partial charge is 0.0705 e. The summed E-state index contributed by atoms with van der Waals surface area (Å²) in [7, 11) is 0. The summed E-state index contributed by atoms with van der Waals surface area (Å²) in [5, 5.41) is 0. The molecule has 0 heterocycles. The molecule has 2 rings (SSSR count). The van der Waals surface area contributed by atoms with Crippen LogP contribution in [0.5, 0.6) is 0 Å². The van der Waals surface area contributed by atoms with Crippen molar-refractivity contribution in [1.29, 1.82) is 0 Å². The molecule has 1 fully saturated rings. The Kier molecular flexibility index (Phi) is 4.19. The van der Waals surface area contributed by atoms with E-state index in [0.29, 0.717) is 12.0 Å². The zero-order chi connectivity index (χ0) is 12.3. The van der Waals surface area contributed by atoms with Gasteiger partial charge in [-0.25, -0.2) is 0 Å². The van der Waals surface area contributed by atoms with Crippen molar-refractivity contribution in [2.24, 2.45) is 11.8 Å². The molecule has 0 aliphatic heterocycles. The molecule has 1 atom stereocenters. The molecule has 0 saturated heterocycles. The summed E-state index contributed by atoms with van der Waals surface area (Å²) in [5.74, 6) is 1.32. The minimum Gasteiger partial charge on any atom is -0.301 e. The fraction of sp³-hybridized carbons (Fsp3) is 0.600. The second-order valence-corrected chi connectivity index (χ2v) is 5.55. The van der Waals surface area contributed by atoms with Gasteiger partial charge in [0.15, 0.2) is 0 Å². The minimum absolute atomic E-state index is 0.370. The Labute approximate surface area is 104 Å². The second kappa shape index (κ2) is 5.65. The molecule has 1 aliphatic rings. The highest BCUT2D eigenvalue weighted by Crippen LogP contribution is 2.41. The molecule has 0 spiro atoms. The van der Waals surface area contributed by atoms with Gasteiger partial charge in [-0.15, -0.1) is 0 Å². The molecule has 94 valence electrons. The first-order valence-electron chi connectivity index (χ1n) is 6.60. The van der Waals surface area contributed by atoms with Gasteiger partial charge >= 0.3 is 0 Å². The van der Waals surface area contributed by atoms with Gasteiger partial charge in [0.25, 0.3) is 0 Å². The highest BCUT2D eigenvalue weighted by molar-refractivity contribution is 5.25. The topological polar surface area (TPSA) is 21.3 Å². The summed E-state index contributed by atoms with van der Waals surface area (Å²) < 4.78 is 0. The lowest BCUT2D eigenvalue weighted by Gasteiger charge is -2.19. The van der Waals surface area contributed by atoms with Crippen molar-refractivity contribution in [1.82, 2.24) is 5.48 Å². The molecule has 1 aromatic rings. The lowest BCUT2D eigenvalue weighted by Crippen LogP contribution is -2.25. The van der Waals surface area contributed by atoms with Crippen LogP contribution < -0.4 is 5.48 Å². The molecular weight excluding hydrogens is 210 g/mol. The Bertz CT molecular complexity index is 340. The van der Waals surface area contributed by atoms with E-state index in [1.165, 1.54) is 24.0 Å². The standard InChI is InChI=1S/C15H23NO/c1-11(2)10-17-16-15(14-8-9-14)13-6-4-12(3)5-7-13/h4-7,11,14-16H,8-10H2,1-3H3. The molecule has 0 radical (unpaired) electrons. The zero-order valence-corrected chi connectivity index (χ0v) is 11.1. The van der Waals surface area contributed by atoms with E-state index in [-0.39, 0.29) is 0 Å². The number of hydrogen-bond acceptors (Lipinski definition) is 2. The molecule has 17 heavy (non-hydrogen) atoms.